The van der Waals surface area contributed by atoms with Crippen molar-refractivity contribution in [3.05, 3.63) is 65.4 Å². The molecular weight excluding hydrogens is 330 g/mol. The first-order chi connectivity index (χ1) is 12.3. The van der Waals surface area contributed by atoms with E-state index in [0.717, 1.165) is 23.3 Å². The monoisotopic (exact) mass is 351 g/mol. The van der Waals surface area contributed by atoms with Crippen LogP contribution < -0.4 is 5.32 Å². The summed E-state index contributed by atoms with van der Waals surface area (Å²) in [5, 5.41) is 4.91. The van der Waals surface area contributed by atoms with E-state index in [2.05, 4.69) is 45.6 Å². The highest BCUT2D eigenvalue weighted by Gasteiger charge is 2.33. The summed E-state index contributed by atoms with van der Waals surface area (Å²) in [6.45, 7) is 0.869. The van der Waals surface area contributed by atoms with Gasteiger partial charge in [0.1, 0.15) is 5.82 Å². The van der Waals surface area contributed by atoms with Crippen molar-refractivity contribution in [2.75, 3.05) is 11.9 Å². The normalized spacial score (nSPS) is 16.7. The van der Waals surface area contributed by atoms with Crippen molar-refractivity contribution in [3.63, 3.8) is 0 Å². The lowest BCUT2D eigenvalue weighted by molar-refractivity contribution is 0.308. The van der Waals surface area contributed by atoms with Gasteiger partial charge in [-0.3, -0.25) is 0 Å². The van der Waals surface area contributed by atoms with E-state index in [4.69, 9.17) is 11.6 Å². The number of rotatable bonds is 4. The van der Waals surface area contributed by atoms with Gasteiger partial charge in [0.2, 0.25) is 5.28 Å². The highest BCUT2D eigenvalue weighted by molar-refractivity contribution is 6.28. The molecule has 128 valence electrons. The zero-order valence-corrected chi connectivity index (χ0v) is 15.0. The van der Waals surface area contributed by atoms with Crippen LogP contribution in [-0.2, 0) is 5.41 Å². The Morgan fingerprint density at radius 1 is 0.880 bits per heavy atom. The number of nitrogens with zero attached hydrogens (tertiary/aromatic N) is 2. The molecule has 1 N–H and O–H groups in total. The fourth-order valence-corrected chi connectivity index (χ4v) is 4.20. The molecule has 3 nitrogen and oxygen atoms in total. The Kier molecular flexibility index (Phi) is 4.58. The Bertz CT molecular complexity index is 857. The van der Waals surface area contributed by atoms with Crippen LogP contribution in [0.3, 0.4) is 0 Å². The van der Waals surface area contributed by atoms with Crippen LogP contribution in [0, 0.1) is 0 Å². The molecule has 1 aromatic heterocycles. The van der Waals surface area contributed by atoms with E-state index >= 15 is 0 Å². The Labute approximate surface area is 153 Å². The summed E-state index contributed by atoms with van der Waals surface area (Å²) in [7, 11) is 0. The molecule has 1 heterocycles. The van der Waals surface area contributed by atoms with E-state index in [1.165, 1.54) is 37.7 Å². The summed E-state index contributed by atoms with van der Waals surface area (Å²) in [4.78, 5) is 8.77. The Hall–Kier alpha value is -2.13. The molecule has 25 heavy (non-hydrogen) atoms. The first kappa shape index (κ1) is 16.3. The molecule has 4 rings (SSSR count). The first-order valence-electron chi connectivity index (χ1n) is 8.99. The average molecular weight is 352 g/mol. The van der Waals surface area contributed by atoms with Crippen LogP contribution >= 0.6 is 11.6 Å². The molecule has 0 radical (unpaired) electrons. The van der Waals surface area contributed by atoms with Crippen molar-refractivity contribution < 1.29 is 0 Å². The molecule has 3 aromatic rings. The largest absolute Gasteiger partial charge is 0.369 e. The predicted octanol–water partition coefficient (Wildman–Crippen LogP) is 5.60. The van der Waals surface area contributed by atoms with Crippen molar-refractivity contribution in [2.24, 2.45) is 0 Å². The van der Waals surface area contributed by atoms with E-state index in [-0.39, 0.29) is 5.41 Å². The number of anilines is 1. The van der Waals surface area contributed by atoms with Gasteiger partial charge in [-0.2, -0.15) is 0 Å². The molecule has 1 aliphatic rings. The molecule has 1 fully saturated rings. The van der Waals surface area contributed by atoms with Gasteiger partial charge in [-0.15, -0.1) is 0 Å². The molecule has 0 unspecified atom stereocenters. The lowest BCUT2D eigenvalue weighted by atomic mass is 9.69. The number of para-hydroxylation sites is 1. The summed E-state index contributed by atoms with van der Waals surface area (Å²) in [6, 6.07) is 18.9. The van der Waals surface area contributed by atoms with Crippen LogP contribution in [-0.4, -0.2) is 16.5 Å². The minimum atomic E-state index is 0.165. The summed E-state index contributed by atoms with van der Waals surface area (Å²) in [6.07, 6.45) is 6.31. The number of halogens is 1. The third kappa shape index (κ3) is 3.34. The van der Waals surface area contributed by atoms with E-state index in [1.807, 2.05) is 24.3 Å². The summed E-state index contributed by atoms with van der Waals surface area (Å²) in [5.41, 5.74) is 2.46. The molecule has 1 aliphatic carbocycles. The van der Waals surface area contributed by atoms with Crippen molar-refractivity contribution in [2.45, 2.75) is 37.5 Å². The summed E-state index contributed by atoms with van der Waals surface area (Å²) < 4.78 is 0. The molecule has 4 heteroatoms. The fraction of sp³-hybridized carbons (Fsp3) is 0.333. The van der Waals surface area contributed by atoms with Crippen molar-refractivity contribution in [1.29, 1.82) is 0 Å². The molecule has 0 spiro atoms. The van der Waals surface area contributed by atoms with Gasteiger partial charge in [-0.25, -0.2) is 9.97 Å². The van der Waals surface area contributed by atoms with E-state index in [1.54, 1.807) is 0 Å². The van der Waals surface area contributed by atoms with Gasteiger partial charge in [-0.1, -0.05) is 61.7 Å². The number of hydrogen-bond donors (Lipinski definition) is 1. The molecule has 0 amide bonds. The standard InChI is InChI=1S/C21H22ClN3/c22-20-24-18-12-6-5-11-17(18)19(25-20)23-15-21(13-7-2-8-14-21)16-9-3-1-4-10-16/h1,3-6,9-12H,2,7-8,13-15H2,(H,23,24,25). The van der Waals surface area contributed by atoms with Crippen LogP contribution in [0.5, 0.6) is 0 Å². The van der Waals surface area contributed by atoms with E-state index in [0.29, 0.717) is 5.28 Å². The van der Waals surface area contributed by atoms with Gasteiger partial charge in [0.15, 0.2) is 0 Å². The summed E-state index contributed by atoms with van der Waals surface area (Å²) in [5.74, 6) is 0.830. The number of hydrogen-bond acceptors (Lipinski definition) is 3. The van der Waals surface area contributed by atoms with Gasteiger partial charge in [0, 0.05) is 17.3 Å². The van der Waals surface area contributed by atoms with Gasteiger partial charge in [0.25, 0.3) is 0 Å². The number of aromatic nitrogens is 2. The minimum Gasteiger partial charge on any atom is -0.369 e. The SMILES string of the molecule is Clc1nc(NCC2(c3ccccc3)CCCCC2)c2ccccc2n1. The van der Waals surface area contributed by atoms with Crippen LogP contribution in [0.25, 0.3) is 10.9 Å². The van der Waals surface area contributed by atoms with Gasteiger partial charge < -0.3 is 5.32 Å². The third-order valence-electron chi connectivity index (χ3n) is 5.37. The highest BCUT2D eigenvalue weighted by atomic mass is 35.5. The molecular formula is C21H22ClN3. The van der Waals surface area contributed by atoms with E-state index < -0.39 is 0 Å². The molecule has 0 atom stereocenters. The fourth-order valence-electron chi connectivity index (χ4n) is 4.02. The second kappa shape index (κ2) is 7.01. The van der Waals surface area contributed by atoms with Crippen molar-refractivity contribution in [3.8, 4) is 0 Å². The smallest absolute Gasteiger partial charge is 0.224 e. The second-order valence-electron chi connectivity index (χ2n) is 6.92. The maximum atomic E-state index is 6.13. The zero-order valence-electron chi connectivity index (χ0n) is 14.2. The average Bonchev–Trinajstić information content (AvgIpc) is 2.67. The quantitative estimate of drug-likeness (QED) is 0.622. The molecule has 0 bridgehead atoms. The first-order valence-corrected chi connectivity index (χ1v) is 9.36. The zero-order chi connectivity index (χ0) is 17.1. The highest BCUT2D eigenvalue weighted by Crippen LogP contribution is 2.39. The Balaban J connectivity index is 1.66. The lowest BCUT2D eigenvalue weighted by Gasteiger charge is -2.38. The van der Waals surface area contributed by atoms with Crippen LogP contribution in [0.1, 0.15) is 37.7 Å². The number of fused-ring (bicyclic) bond motifs is 1. The number of nitrogens with one attached hydrogen (secondary N) is 1. The van der Waals surface area contributed by atoms with Gasteiger partial charge in [-0.05, 0) is 42.1 Å². The second-order valence-corrected chi connectivity index (χ2v) is 7.26. The van der Waals surface area contributed by atoms with E-state index in [9.17, 15) is 0 Å². The molecule has 2 aromatic carbocycles. The van der Waals surface area contributed by atoms with Crippen LogP contribution in [0.15, 0.2) is 54.6 Å². The maximum absolute atomic E-state index is 6.13. The maximum Gasteiger partial charge on any atom is 0.224 e. The molecule has 0 aliphatic heterocycles. The van der Waals surface area contributed by atoms with Crippen LogP contribution in [0.2, 0.25) is 5.28 Å². The third-order valence-corrected chi connectivity index (χ3v) is 5.54. The number of benzene rings is 2. The predicted molar refractivity (Wildman–Crippen MR) is 104 cm³/mol. The lowest BCUT2D eigenvalue weighted by Crippen LogP contribution is -2.36. The summed E-state index contributed by atoms with van der Waals surface area (Å²) >= 11 is 6.13. The topological polar surface area (TPSA) is 37.8 Å². The van der Waals surface area contributed by atoms with Gasteiger partial charge in [0.05, 0.1) is 5.52 Å². The molecule has 0 saturated heterocycles. The molecule has 1 saturated carbocycles. The Morgan fingerprint density at radius 2 is 1.60 bits per heavy atom. The minimum absolute atomic E-state index is 0.165. The van der Waals surface area contributed by atoms with Gasteiger partial charge >= 0.3 is 0 Å². The Morgan fingerprint density at radius 3 is 2.40 bits per heavy atom. The van der Waals surface area contributed by atoms with Crippen molar-refractivity contribution in [1.82, 2.24) is 9.97 Å². The van der Waals surface area contributed by atoms with Crippen molar-refractivity contribution >= 4 is 28.3 Å². The van der Waals surface area contributed by atoms with Crippen LogP contribution in [0.4, 0.5) is 5.82 Å².